The summed E-state index contributed by atoms with van der Waals surface area (Å²) in [6.07, 6.45) is 0. The van der Waals surface area contributed by atoms with Gasteiger partial charge in [-0.1, -0.05) is 35.3 Å². The number of amides is 2. The molecule has 2 aromatic carbocycles. The maximum atomic E-state index is 13.0. The van der Waals surface area contributed by atoms with Crippen LogP contribution in [0.5, 0.6) is 0 Å². The lowest BCUT2D eigenvalue weighted by atomic mass is 10.1. The highest BCUT2D eigenvalue weighted by atomic mass is 35.5. The monoisotopic (exact) mass is 351 g/mol. The molecule has 23 heavy (non-hydrogen) atoms. The third-order valence-electron chi connectivity index (χ3n) is 3.34. The SMILES string of the molecule is O=C1C(O)=C(c2ccc(F)cc2)C(=O)N1c1cc(Cl)ccc1Cl. The molecular weight excluding hydrogens is 344 g/mol. The number of carbonyl (C=O) groups is 2. The highest BCUT2D eigenvalue weighted by molar-refractivity contribution is 6.47. The highest BCUT2D eigenvalue weighted by Crippen LogP contribution is 2.36. The molecule has 0 fully saturated rings. The van der Waals surface area contributed by atoms with Gasteiger partial charge in [0.2, 0.25) is 0 Å². The van der Waals surface area contributed by atoms with Crippen molar-refractivity contribution in [3.05, 3.63) is 69.6 Å². The molecule has 0 saturated carbocycles. The van der Waals surface area contributed by atoms with Crippen molar-refractivity contribution in [2.45, 2.75) is 0 Å². The van der Waals surface area contributed by atoms with Crippen LogP contribution in [0.15, 0.2) is 48.2 Å². The fourth-order valence-corrected chi connectivity index (χ4v) is 2.64. The van der Waals surface area contributed by atoms with Gasteiger partial charge >= 0.3 is 5.91 Å². The standard InChI is InChI=1S/C16H8Cl2FNO3/c17-9-3-6-11(18)12(7-9)20-15(22)13(14(21)16(20)23)8-1-4-10(19)5-2-8/h1-7,21H. The Labute approximate surface area is 140 Å². The number of aliphatic hydroxyl groups is 1. The predicted molar refractivity (Wildman–Crippen MR) is 84.9 cm³/mol. The molecule has 0 atom stereocenters. The van der Waals surface area contributed by atoms with Crippen LogP contribution in [0.25, 0.3) is 5.57 Å². The topological polar surface area (TPSA) is 57.6 Å². The van der Waals surface area contributed by atoms with Crippen molar-refractivity contribution in [2.75, 3.05) is 4.90 Å². The molecule has 0 saturated heterocycles. The van der Waals surface area contributed by atoms with Gasteiger partial charge in [0.1, 0.15) is 5.82 Å². The molecule has 116 valence electrons. The second-order valence-electron chi connectivity index (χ2n) is 4.77. The molecule has 0 aliphatic carbocycles. The van der Waals surface area contributed by atoms with Crippen LogP contribution in [0.1, 0.15) is 5.56 Å². The number of nitrogens with zero attached hydrogens (tertiary/aromatic N) is 1. The minimum absolute atomic E-state index is 0.0674. The summed E-state index contributed by atoms with van der Waals surface area (Å²) in [5.74, 6) is -2.90. The van der Waals surface area contributed by atoms with E-state index in [1.807, 2.05) is 0 Å². The highest BCUT2D eigenvalue weighted by Gasteiger charge is 2.41. The molecule has 7 heteroatoms. The van der Waals surface area contributed by atoms with E-state index < -0.39 is 23.4 Å². The van der Waals surface area contributed by atoms with Gasteiger partial charge < -0.3 is 5.11 Å². The average Bonchev–Trinajstić information content (AvgIpc) is 2.73. The lowest BCUT2D eigenvalue weighted by Crippen LogP contribution is -2.31. The number of aliphatic hydroxyl groups excluding tert-OH is 1. The zero-order valence-electron chi connectivity index (χ0n) is 11.4. The van der Waals surface area contributed by atoms with E-state index in [0.29, 0.717) is 0 Å². The van der Waals surface area contributed by atoms with Gasteiger partial charge in [-0.2, -0.15) is 0 Å². The maximum absolute atomic E-state index is 13.0. The van der Waals surface area contributed by atoms with E-state index in [4.69, 9.17) is 23.2 Å². The Morgan fingerprint density at radius 2 is 1.61 bits per heavy atom. The zero-order valence-corrected chi connectivity index (χ0v) is 12.9. The van der Waals surface area contributed by atoms with Gasteiger partial charge in [0.15, 0.2) is 5.76 Å². The molecule has 0 spiro atoms. The number of hydrogen-bond acceptors (Lipinski definition) is 3. The summed E-state index contributed by atoms with van der Waals surface area (Å²) in [7, 11) is 0. The van der Waals surface area contributed by atoms with Crippen molar-refractivity contribution >= 4 is 46.3 Å². The van der Waals surface area contributed by atoms with Crippen LogP contribution in [0.4, 0.5) is 10.1 Å². The summed E-state index contributed by atoms with van der Waals surface area (Å²) in [5.41, 5.74) is 0.0757. The van der Waals surface area contributed by atoms with E-state index >= 15 is 0 Å². The van der Waals surface area contributed by atoms with Crippen LogP contribution in [0, 0.1) is 5.82 Å². The summed E-state index contributed by atoms with van der Waals surface area (Å²) in [4.78, 5) is 25.6. The molecule has 2 aromatic rings. The Kier molecular flexibility index (Phi) is 3.83. The zero-order chi connectivity index (χ0) is 16.7. The fraction of sp³-hybridized carbons (Fsp3) is 0. The summed E-state index contributed by atoms with van der Waals surface area (Å²) < 4.78 is 13.0. The number of imide groups is 1. The largest absolute Gasteiger partial charge is 0.502 e. The molecule has 2 amide bonds. The lowest BCUT2D eigenvalue weighted by molar-refractivity contribution is -0.121. The van der Waals surface area contributed by atoms with Gasteiger partial charge in [-0.25, -0.2) is 9.29 Å². The lowest BCUT2D eigenvalue weighted by Gasteiger charge is -2.16. The fourth-order valence-electron chi connectivity index (χ4n) is 2.27. The van der Waals surface area contributed by atoms with Gasteiger partial charge in [-0.05, 0) is 35.9 Å². The molecule has 0 aromatic heterocycles. The molecule has 4 nitrogen and oxygen atoms in total. The van der Waals surface area contributed by atoms with E-state index in [-0.39, 0.29) is 26.9 Å². The quantitative estimate of drug-likeness (QED) is 0.832. The maximum Gasteiger partial charge on any atom is 0.301 e. The summed E-state index contributed by atoms with van der Waals surface area (Å²) in [5, 5.41) is 10.4. The van der Waals surface area contributed by atoms with Crippen molar-refractivity contribution in [3.8, 4) is 0 Å². The van der Waals surface area contributed by atoms with E-state index in [2.05, 4.69) is 0 Å². The van der Waals surface area contributed by atoms with Gasteiger partial charge in [-0.15, -0.1) is 0 Å². The van der Waals surface area contributed by atoms with E-state index in [9.17, 15) is 19.1 Å². The third-order valence-corrected chi connectivity index (χ3v) is 3.90. The second kappa shape index (κ2) is 5.68. The minimum atomic E-state index is -0.918. The van der Waals surface area contributed by atoms with Crippen molar-refractivity contribution in [1.82, 2.24) is 0 Å². The molecule has 3 rings (SSSR count). The molecular formula is C16H8Cl2FNO3. The Hall–Kier alpha value is -2.37. The number of hydrogen-bond donors (Lipinski definition) is 1. The van der Waals surface area contributed by atoms with Crippen molar-refractivity contribution in [1.29, 1.82) is 0 Å². The Balaban J connectivity index is 2.09. The molecule has 1 heterocycles. The Bertz CT molecular complexity index is 862. The van der Waals surface area contributed by atoms with Crippen LogP contribution >= 0.6 is 23.2 Å². The van der Waals surface area contributed by atoms with Gasteiger partial charge in [-0.3, -0.25) is 9.59 Å². The summed E-state index contributed by atoms with van der Waals surface area (Å²) in [6.45, 7) is 0. The number of rotatable bonds is 2. The van der Waals surface area contributed by atoms with E-state index in [0.717, 1.165) is 17.0 Å². The minimum Gasteiger partial charge on any atom is -0.502 e. The first kappa shape index (κ1) is 15.5. The van der Waals surface area contributed by atoms with Gasteiger partial charge in [0.05, 0.1) is 16.3 Å². The van der Waals surface area contributed by atoms with Crippen LogP contribution < -0.4 is 4.90 Å². The number of anilines is 1. The first-order chi connectivity index (χ1) is 10.9. The van der Waals surface area contributed by atoms with Crippen molar-refractivity contribution in [3.63, 3.8) is 0 Å². The van der Waals surface area contributed by atoms with E-state index in [1.165, 1.54) is 30.3 Å². The molecule has 0 unspecified atom stereocenters. The number of halogens is 3. The number of benzene rings is 2. The van der Waals surface area contributed by atoms with Crippen LogP contribution in [0.2, 0.25) is 10.0 Å². The Morgan fingerprint density at radius 1 is 0.957 bits per heavy atom. The molecule has 0 radical (unpaired) electrons. The van der Waals surface area contributed by atoms with Gasteiger partial charge in [0.25, 0.3) is 5.91 Å². The second-order valence-corrected chi connectivity index (χ2v) is 5.62. The van der Waals surface area contributed by atoms with Crippen LogP contribution in [0.3, 0.4) is 0 Å². The third kappa shape index (κ3) is 2.58. The van der Waals surface area contributed by atoms with Crippen molar-refractivity contribution in [2.24, 2.45) is 0 Å². The van der Waals surface area contributed by atoms with Gasteiger partial charge in [0, 0.05) is 5.02 Å². The average molecular weight is 352 g/mol. The first-order valence-electron chi connectivity index (χ1n) is 6.43. The smallest absolute Gasteiger partial charge is 0.301 e. The van der Waals surface area contributed by atoms with E-state index in [1.54, 1.807) is 0 Å². The predicted octanol–water partition coefficient (Wildman–Crippen LogP) is 3.98. The van der Waals surface area contributed by atoms with Crippen LogP contribution in [-0.2, 0) is 9.59 Å². The van der Waals surface area contributed by atoms with Crippen molar-refractivity contribution < 1.29 is 19.1 Å². The molecule has 1 N–H and O–H groups in total. The Morgan fingerprint density at radius 3 is 2.26 bits per heavy atom. The summed E-state index contributed by atoms with van der Waals surface area (Å²) in [6, 6.07) is 9.15. The first-order valence-corrected chi connectivity index (χ1v) is 7.18. The molecule has 1 aliphatic rings. The number of carbonyl (C=O) groups excluding carboxylic acids is 2. The summed E-state index contributed by atoms with van der Waals surface area (Å²) >= 11 is 11.9. The molecule has 1 aliphatic heterocycles. The van der Waals surface area contributed by atoms with Crippen LogP contribution in [-0.4, -0.2) is 16.9 Å². The molecule has 0 bridgehead atoms. The normalized spacial score (nSPS) is 14.8.